The lowest BCUT2D eigenvalue weighted by Gasteiger charge is -2.00. The average molecular weight is 241 g/mol. The Hall–Kier alpha value is -0.830. The molecule has 2 nitrogen and oxygen atoms in total. The highest BCUT2D eigenvalue weighted by Crippen LogP contribution is 2.12. The van der Waals surface area contributed by atoms with Crippen LogP contribution in [0.15, 0.2) is 28.7 Å². The van der Waals surface area contributed by atoms with Crippen LogP contribution in [-0.2, 0) is 6.42 Å². The van der Waals surface area contributed by atoms with Gasteiger partial charge in [0.15, 0.2) is 0 Å². The molecule has 0 saturated carbocycles. The molecule has 0 aliphatic rings. The topological polar surface area (TPSA) is 49.9 Å². The number of nitrogens with two attached hydrogens (primary N) is 1. The summed E-state index contributed by atoms with van der Waals surface area (Å²) in [6, 6.07) is 8.24. The maximum Gasteiger partial charge on any atom is 0.0905 e. The van der Waals surface area contributed by atoms with Crippen molar-refractivity contribution in [3.05, 3.63) is 34.3 Å². The molecule has 0 bridgehead atoms. The summed E-state index contributed by atoms with van der Waals surface area (Å²) >= 11 is 3.38. The van der Waals surface area contributed by atoms with Gasteiger partial charge in [0, 0.05) is 10.9 Å². The van der Waals surface area contributed by atoms with Gasteiger partial charge in [-0.2, -0.15) is 0 Å². The van der Waals surface area contributed by atoms with E-state index >= 15 is 0 Å². The van der Waals surface area contributed by atoms with Crippen LogP contribution in [0.2, 0.25) is 0 Å². The van der Waals surface area contributed by atoms with Crippen LogP contribution in [0.5, 0.6) is 0 Å². The Kier molecular flexibility index (Phi) is 3.96. The van der Waals surface area contributed by atoms with Gasteiger partial charge >= 0.3 is 0 Å². The fraction of sp³-hybridized carbons (Fsp3) is 0.300. The van der Waals surface area contributed by atoms with Gasteiger partial charge in [-0.05, 0) is 30.5 Å². The van der Waals surface area contributed by atoms with E-state index in [2.05, 4.69) is 28.1 Å². The molecule has 0 unspecified atom stereocenters. The van der Waals surface area contributed by atoms with Gasteiger partial charge in [0.05, 0.1) is 5.84 Å². The van der Waals surface area contributed by atoms with Gasteiger partial charge in [-0.3, -0.25) is 5.41 Å². The van der Waals surface area contributed by atoms with Gasteiger partial charge in [-0.15, -0.1) is 0 Å². The summed E-state index contributed by atoms with van der Waals surface area (Å²) in [6.45, 7) is 0. The molecule has 0 fully saturated rings. The van der Waals surface area contributed by atoms with Gasteiger partial charge in [0.1, 0.15) is 0 Å². The molecule has 3 N–H and O–H groups in total. The van der Waals surface area contributed by atoms with E-state index in [0.29, 0.717) is 6.42 Å². The van der Waals surface area contributed by atoms with Crippen molar-refractivity contribution in [3.63, 3.8) is 0 Å². The van der Waals surface area contributed by atoms with Gasteiger partial charge in [-0.1, -0.05) is 28.1 Å². The van der Waals surface area contributed by atoms with Gasteiger partial charge in [-0.25, -0.2) is 0 Å². The number of hydrogen-bond donors (Lipinski definition) is 2. The molecular weight excluding hydrogens is 228 g/mol. The van der Waals surface area contributed by atoms with Crippen molar-refractivity contribution in [3.8, 4) is 0 Å². The molecule has 13 heavy (non-hydrogen) atoms. The van der Waals surface area contributed by atoms with E-state index in [1.165, 1.54) is 5.56 Å². The lowest BCUT2D eigenvalue weighted by molar-refractivity contribution is 0.857. The number of halogens is 1. The average Bonchev–Trinajstić information content (AvgIpc) is 2.08. The largest absolute Gasteiger partial charge is 0.388 e. The Balaban J connectivity index is 2.37. The maximum atomic E-state index is 7.06. The molecule has 0 heterocycles. The Bertz CT molecular complexity index is 279. The first-order valence-corrected chi connectivity index (χ1v) is 5.05. The molecule has 0 radical (unpaired) electrons. The zero-order valence-corrected chi connectivity index (χ0v) is 8.97. The number of rotatable bonds is 4. The smallest absolute Gasteiger partial charge is 0.0905 e. The SMILES string of the molecule is N=C(N)CCCc1ccc(Br)cc1. The van der Waals surface area contributed by atoms with Crippen LogP contribution in [0.25, 0.3) is 0 Å². The normalized spacial score (nSPS) is 9.92. The van der Waals surface area contributed by atoms with Crippen molar-refractivity contribution < 1.29 is 0 Å². The fourth-order valence-corrected chi connectivity index (χ4v) is 1.40. The summed E-state index contributed by atoms with van der Waals surface area (Å²) in [7, 11) is 0. The van der Waals surface area contributed by atoms with E-state index in [0.717, 1.165) is 17.3 Å². The highest BCUT2D eigenvalue weighted by molar-refractivity contribution is 9.10. The molecule has 0 amide bonds. The van der Waals surface area contributed by atoms with Crippen molar-refractivity contribution >= 4 is 21.8 Å². The maximum absolute atomic E-state index is 7.06. The summed E-state index contributed by atoms with van der Waals surface area (Å²) in [5.74, 6) is 0.275. The predicted octanol–water partition coefficient (Wildman–Crippen LogP) is 2.71. The standard InChI is InChI=1S/C10H13BrN2/c11-9-6-4-8(5-7-9)2-1-3-10(12)13/h4-7H,1-3H2,(H3,12,13). The Morgan fingerprint density at radius 1 is 1.31 bits per heavy atom. The van der Waals surface area contributed by atoms with Gasteiger partial charge in [0.2, 0.25) is 0 Å². The molecule has 0 aliphatic carbocycles. The molecule has 1 aromatic rings. The van der Waals surface area contributed by atoms with Crippen LogP contribution >= 0.6 is 15.9 Å². The molecule has 0 atom stereocenters. The minimum absolute atomic E-state index is 0.275. The van der Waals surface area contributed by atoms with Crippen molar-refractivity contribution in [1.82, 2.24) is 0 Å². The highest BCUT2D eigenvalue weighted by atomic mass is 79.9. The summed E-state index contributed by atoms with van der Waals surface area (Å²) < 4.78 is 1.10. The summed E-state index contributed by atoms with van der Waals surface area (Å²) in [5, 5.41) is 7.06. The molecule has 1 aromatic carbocycles. The van der Waals surface area contributed by atoms with Crippen molar-refractivity contribution in [2.24, 2.45) is 5.73 Å². The summed E-state index contributed by atoms with van der Waals surface area (Å²) in [5.41, 5.74) is 6.55. The van der Waals surface area contributed by atoms with Crippen LogP contribution < -0.4 is 5.73 Å². The third kappa shape index (κ3) is 4.08. The van der Waals surface area contributed by atoms with Crippen LogP contribution in [0.1, 0.15) is 18.4 Å². The minimum atomic E-state index is 0.275. The Morgan fingerprint density at radius 2 is 1.92 bits per heavy atom. The number of benzene rings is 1. The first-order valence-electron chi connectivity index (χ1n) is 4.26. The Morgan fingerprint density at radius 3 is 2.46 bits per heavy atom. The van der Waals surface area contributed by atoms with Crippen LogP contribution in [-0.4, -0.2) is 5.84 Å². The Labute approximate surface area is 86.8 Å². The molecule has 0 aliphatic heterocycles. The van der Waals surface area contributed by atoms with Gasteiger partial charge < -0.3 is 5.73 Å². The van der Waals surface area contributed by atoms with E-state index in [-0.39, 0.29) is 5.84 Å². The number of nitrogens with one attached hydrogen (secondary N) is 1. The summed E-state index contributed by atoms with van der Waals surface area (Å²) in [4.78, 5) is 0. The predicted molar refractivity (Wildman–Crippen MR) is 59.0 cm³/mol. The molecule has 0 saturated heterocycles. The first kappa shape index (κ1) is 10.3. The minimum Gasteiger partial charge on any atom is -0.388 e. The molecule has 0 spiro atoms. The quantitative estimate of drug-likeness (QED) is 0.618. The lowest BCUT2D eigenvalue weighted by atomic mass is 10.1. The second-order valence-electron chi connectivity index (χ2n) is 3.01. The van der Waals surface area contributed by atoms with Crippen LogP contribution in [0.3, 0.4) is 0 Å². The number of amidine groups is 1. The second-order valence-corrected chi connectivity index (χ2v) is 3.92. The molecule has 3 heteroatoms. The van der Waals surface area contributed by atoms with E-state index < -0.39 is 0 Å². The van der Waals surface area contributed by atoms with E-state index in [4.69, 9.17) is 11.1 Å². The first-order chi connectivity index (χ1) is 6.18. The summed E-state index contributed by atoms with van der Waals surface area (Å²) in [6.07, 6.45) is 2.64. The monoisotopic (exact) mass is 240 g/mol. The van der Waals surface area contributed by atoms with E-state index in [1.807, 2.05) is 12.1 Å². The zero-order valence-electron chi connectivity index (χ0n) is 7.39. The number of hydrogen-bond acceptors (Lipinski definition) is 1. The fourth-order valence-electron chi connectivity index (χ4n) is 1.13. The van der Waals surface area contributed by atoms with Crippen molar-refractivity contribution in [1.29, 1.82) is 5.41 Å². The molecular formula is C10H13BrN2. The number of aryl methyl sites for hydroxylation is 1. The van der Waals surface area contributed by atoms with Crippen LogP contribution in [0.4, 0.5) is 0 Å². The van der Waals surface area contributed by atoms with Crippen molar-refractivity contribution in [2.75, 3.05) is 0 Å². The van der Waals surface area contributed by atoms with Crippen molar-refractivity contribution in [2.45, 2.75) is 19.3 Å². The van der Waals surface area contributed by atoms with Gasteiger partial charge in [0.25, 0.3) is 0 Å². The lowest BCUT2D eigenvalue weighted by Crippen LogP contribution is -2.09. The van der Waals surface area contributed by atoms with Crippen LogP contribution in [0, 0.1) is 5.41 Å². The zero-order chi connectivity index (χ0) is 9.68. The molecule has 70 valence electrons. The third-order valence-electron chi connectivity index (χ3n) is 1.82. The van der Waals surface area contributed by atoms with E-state index in [1.54, 1.807) is 0 Å². The highest BCUT2D eigenvalue weighted by Gasteiger charge is 1.94. The second kappa shape index (κ2) is 5.02. The molecule has 0 aromatic heterocycles. The van der Waals surface area contributed by atoms with E-state index in [9.17, 15) is 0 Å². The third-order valence-corrected chi connectivity index (χ3v) is 2.35. The molecule has 1 rings (SSSR count).